The number of halogens is 2. The molecule has 190 valence electrons. The number of fused-ring (bicyclic) bond motifs is 1. The van der Waals surface area contributed by atoms with E-state index in [1.165, 1.54) is 30.5 Å². The second-order valence-electron chi connectivity index (χ2n) is 8.42. The molecule has 0 saturated carbocycles. The van der Waals surface area contributed by atoms with Crippen molar-refractivity contribution >= 4 is 16.9 Å². The van der Waals surface area contributed by atoms with Gasteiger partial charge in [0.05, 0.1) is 24.2 Å². The average Bonchev–Trinajstić information content (AvgIpc) is 3.51. The zero-order valence-electron chi connectivity index (χ0n) is 19.8. The summed E-state index contributed by atoms with van der Waals surface area (Å²) in [5, 5.41) is 3.33. The van der Waals surface area contributed by atoms with Crippen LogP contribution in [0, 0.1) is 12.8 Å². The van der Waals surface area contributed by atoms with Crippen LogP contribution in [0.25, 0.3) is 16.9 Å². The molecular weight excluding hydrogens is 450 g/mol. The molecular formula is C26H36F2N6O. The maximum absolute atomic E-state index is 13.6. The zero-order valence-corrected chi connectivity index (χ0v) is 19.8. The van der Waals surface area contributed by atoms with Crippen LogP contribution < -0.4 is 10.2 Å². The number of ether oxygens (including phenoxy) is 1. The fourth-order valence-corrected chi connectivity index (χ4v) is 4.21. The first kappa shape index (κ1) is 26.7. The number of benzene rings is 1. The van der Waals surface area contributed by atoms with Gasteiger partial charge in [-0.05, 0) is 44.4 Å². The maximum Gasteiger partial charge on any atom is 0.296 e. The van der Waals surface area contributed by atoms with Crippen LogP contribution in [0.2, 0.25) is 0 Å². The SMILES string of the molecule is C.CC/C=C/C1CCNC1.Cc1nc(N2CCOCC2)cc(-n2c(C(F)F)nc3ccccc32)n1. The number of anilines is 1. The summed E-state index contributed by atoms with van der Waals surface area (Å²) in [5.74, 6) is 2.15. The van der Waals surface area contributed by atoms with Crippen LogP contribution in [-0.4, -0.2) is 58.9 Å². The smallest absolute Gasteiger partial charge is 0.296 e. The number of aryl methyl sites for hydroxylation is 1. The highest BCUT2D eigenvalue weighted by Gasteiger charge is 2.22. The Labute approximate surface area is 206 Å². The molecule has 1 N–H and O–H groups in total. The molecule has 2 saturated heterocycles. The summed E-state index contributed by atoms with van der Waals surface area (Å²) >= 11 is 0. The van der Waals surface area contributed by atoms with Gasteiger partial charge in [-0.1, -0.05) is 38.6 Å². The number of nitrogens with one attached hydrogen (secondary N) is 1. The van der Waals surface area contributed by atoms with Gasteiger partial charge in [-0.2, -0.15) is 0 Å². The number of morpholine rings is 1. The second kappa shape index (κ2) is 12.7. The monoisotopic (exact) mass is 486 g/mol. The van der Waals surface area contributed by atoms with E-state index < -0.39 is 6.43 Å². The van der Waals surface area contributed by atoms with Crippen molar-refractivity contribution in [2.45, 2.75) is 40.5 Å². The fourth-order valence-electron chi connectivity index (χ4n) is 4.21. The van der Waals surface area contributed by atoms with Crippen molar-refractivity contribution < 1.29 is 13.5 Å². The van der Waals surface area contributed by atoms with Crippen LogP contribution in [0.4, 0.5) is 14.6 Å². The predicted octanol–water partition coefficient (Wildman–Crippen LogP) is 5.10. The highest BCUT2D eigenvalue weighted by atomic mass is 19.3. The largest absolute Gasteiger partial charge is 0.378 e. The lowest BCUT2D eigenvalue weighted by atomic mass is 10.1. The Morgan fingerprint density at radius 1 is 1.14 bits per heavy atom. The van der Waals surface area contributed by atoms with Crippen molar-refractivity contribution in [2.24, 2.45) is 5.92 Å². The van der Waals surface area contributed by atoms with Crippen molar-refractivity contribution in [2.75, 3.05) is 44.3 Å². The van der Waals surface area contributed by atoms with Crippen LogP contribution in [0.3, 0.4) is 0 Å². The molecule has 2 fully saturated rings. The third-order valence-corrected chi connectivity index (χ3v) is 5.90. The standard InChI is InChI=1S/C17H17F2N5O.C8H15N.CH4/c1-11-20-14(23-6-8-25-9-7-23)10-15(21-11)24-13-5-3-2-4-12(13)22-17(24)16(18)19;1-2-3-4-8-5-6-9-7-8;/h2-5,10,16H,6-9H2,1H3;3-4,8-9H,2,5-7H2,1H3;1H4/b;4-3+;. The normalized spacial score (nSPS) is 18.1. The quantitative estimate of drug-likeness (QED) is 0.507. The maximum atomic E-state index is 13.6. The van der Waals surface area contributed by atoms with E-state index in [0.29, 0.717) is 54.8 Å². The average molecular weight is 487 g/mol. The molecule has 1 atom stereocenters. The number of aromatic nitrogens is 4. The minimum absolute atomic E-state index is 0. The summed E-state index contributed by atoms with van der Waals surface area (Å²) in [6.45, 7) is 9.00. The first-order chi connectivity index (χ1) is 16.6. The van der Waals surface area contributed by atoms with Gasteiger partial charge in [-0.3, -0.25) is 4.57 Å². The van der Waals surface area contributed by atoms with E-state index in [9.17, 15) is 8.78 Å². The molecule has 0 bridgehead atoms. The first-order valence-electron chi connectivity index (χ1n) is 11.9. The molecule has 0 aliphatic carbocycles. The summed E-state index contributed by atoms with van der Waals surface area (Å²) < 4.78 is 33.9. The van der Waals surface area contributed by atoms with Gasteiger partial charge in [0.15, 0.2) is 5.82 Å². The minimum Gasteiger partial charge on any atom is -0.378 e. The highest BCUT2D eigenvalue weighted by molar-refractivity contribution is 5.78. The van der Waals surface area contributed by atoms with Gasteiger partial charge in [0.2, 0.25) is 0 Å². The molecule has 5 rings (SSSR count). The molecule has 1 unspecified atom stereocenters. The third-order valence-electron chi connectivity index (χ3n) is 5.90. The van der Waals surface area contributed by atoms with E-state index in [0.717, 1.165) is 5.92 Å². The van der Waals surface area contributed by atoms with Gasteiger partial charge in [0, 0.05) is 25.7 Å². The van der Waals surface area contributed by atoms with Crippen LogP contribution in [0.15, 0.2) is 42.5 Å². The fraction of sp³-hybridized carbons (Fsp3) is 0.500. The van der Waals surface area contributed by atoms with Crippen LogP contribution >= 0.6 is 0 Å². The molecule has 0 radical (unpaired) electrons. The van der Waals surface area contributed by atoms with Gasteiger partial charge in [-0.25, -0.2) is 23.7 Å². The van der Waals surface area contributed by atoms with Gasteiger partial charge in [0.25, 0.3) is 6.43 Å². The predicted molar refractivity (Wildman–Crippen MR) is 137 cm³/mol. The van der Waals surface area contributed by atoms with Crippen LogP contribution in [-0.2, 0) is 4.74 Å². The summed E-state index contributed by atoms with van der Waals surface area (Å²) in [7, 11) is 0. The van der Waals surface area contributed by atoms with Crippen molar-refractivity contribution in [3.8, 4) is 5.82 Å². The summed E-state index contributed by atoms with van der Waals surface area (Å²) in [5.41, 5.74) is 1.12. The molecule has 2 aromatic heterocycles. The molecule has 0 spiro atoms. The van der Waals surface area contributed by atoms with Crippen molar-refractivity contribution in [3.63, 3.8) is 0 Å². The molecule has 4 heterocycles. The summed E-state index contributed by atoms with van der Waals surface area (Å²) in [6.07, 6.45) is 4.40. The highest BCUT2D eigenvalue weighted by Crippen LogP contribution is 2.28. The Hall–Kier alpha value is -2.91. The number of alkyl halides is 2. The number of allylic oxidation sites excluding steroid dienone is 1. The molecule has 7 nitrogen and oxygen atoms in total. The summed E-state index contributed by atoms with van der Waals surface area (Å²) in [4.78, 5) is 15.0. The molecule has 2 aliphatic rings. The van der Waals surface area contributed by atoms with E-state index in [-0.39, 0.29) is 13.3 Å². The topological polar surface area (TPSA) is 68.1 Å². The van der Waals surface area contributed by atoms with E-state index in [2.05, 4.69) is 44.2 Å². The van der Waals surface area contributed by atoms with Crippen LogP contribution in [0.1, 0.15) is 45.3 Å². The lowest BCUT2D eigenvalue weighted by molar-refractivity contribution is 0.122. The number of hydrogen-bond donors (Lipinski definition) is 1. The third kappa shape index (κ3) is 6.61. The van der Waals surface area contributed by atoms with Gasteiger partial charge < -0.3 is 15.0 Å². The van der Waals surface area contributed by atoms with Gasteiger partial charge in [-0.15, -0.1) is 0 Å². The Bertz CT molecular complexity index is 1100. The molecule has 35 heavy (non-hydrogen) atoms. The first-order valence-corrected chi connectivity index (χ1v) is 11.9. The van der Waals surface area contributed by atoms with E-state index in [4.69, 9.17) is 4.74 Å². The molecule has 3 aromatic rings. The Balaban J connectivity index is 0.000000291. The Morgan fingerprint density at radius 2 is 1.89 bits per heavy atom. The molecule has 0 amide bonds. The lowest BCUT2D eigenvalue weighted by Crippen LogP contribution is -2.37. The van der Waals surface area contributed by atoms with Crippen molar-refractivity contribution in [3.05, 3.63) is 54.1 Å². The Morgan fingerprint density at radius 3 is 2.57 bits per heavy atom. The van der Waals surface area contributed by atoms with Gasteiger partial charge in [0.1, 0.15) is 17.5 Å². The number of hydrogen-bond acceptors (Lipinski definition) is 6. The number of nitrogens with zero attached hydrogens (tertiary/aromatic N) is 5. The molecule has 2 aliphatic heterocycles. The van der Waals surface area contributed by atoms with Crippen molar-refractivity contribution in [1.29, 1.82) is 0 Å². The summed E-state index contributed by atoms with van der Waals surface area (Å²) in [6, 6.07) is 8.79. The number of para-hydroxylation sites is 2. The van der Waals surface area contributed by atoms with Crippen LogP contribution in [0.5, 0.6) is 0 Å². The van der Waals surface area contributed by atoms with E-state index in [1.54, 1.807) is 37.3 Å². The molecule has 1 aromatic carbocycles. The minimum atomic E-state index is -2.70. The van der Waals surface area contributed by atoms with Crippen molar-refractivity contribution in [1.82, 2.24) is 24.8 Å². The lowest BCUT2D eigenvalue weighted by Gasteiger charge is -2.28. The molecule has 9 heteroatoms. The zero-order chi connectivity index (χ0) is 23.9. The number of imidazole rings is 1. The second-order valence-corrected chi connectivity index (χ2v) is 8.42. The number of rotatable bonds is 5. The van der Waals surface area contributed by atoms with Gasteiger partial charge >= 0.3 is 0 Å². The van der Waals surface area contributed by atoms with E-state index in [1.807, 2.05) is 0 Å². The van der Waals surface area contributed by atoms with E-state index >= 15 is 0 Å². The Kier molecular flexibility index (Phi) is 9.68.